The zero-order chi connectivity index (χ0) is 16.8. The second kappa shape index (κ2) is 5.67. The number of rotatable bonds is 4. The van der Waals surface area contributed by atoms with Crippen molar-refractivity contribution in [2.75, 3.05) is 0 Å². The Morgan fingerprint density at radius 3 is 2.84 bits per heavy atom. The van der Waals surface area contributed by atoms with E-state index in [9.17, 15) is 0 Å². The first-order valence-corrected chi connectivity index (χ1v) is 8.62. The molecule has 0 N–H and O–H groups in total. The molecular formula is C18H15ClN6. The van der Waals surface area contributed by atoms with E-state index in [4.69, 9.17) is 16.6 Å². The van der Waals surface area contributed by atoms with Gasteiger partial charge in [-0.25, -0.2) is 15.0 Å². The van der Waals surface area contributed by atoms with Gasteiger partial charge in [0.25, 0.3) is 0 Å². The molecule has 4 aromatic rings. The fourth-order valence-corrected chi connectivity index (χ4v) is 3.31. The molecule has 5 rings (SSSR count). The van der Waals surface area contributed by atoms with Crippen molar-refractivity contribution in [2.45, 2.75) is 25.4 Å². The molecule has 4 heterocycles. The first-order chi connectivity index (χ1) is 12.3. The van der Waals surface area contributed by atoms with E-state index < -0.39 is 0 Å². The second-order valence-corrected chi connectivity index (χ2v) is 6.65. The minimum Gasteiger partial charge on any atom is -0.322 e. The average molecular weight is 351 g/mol. The van der Waals surface area contributed by atoms with E-state index in [1.165, 1.54) is 12.8 Å². The molecule has 25 heavy (non-hydrogen) atoms. The summed E-state index contributed by atoms with van der Waals surface area (Å²) >= 11 is 6.10. The summed E-state index contributed by atoms with van der Waals surface area (Å²) in [5.41, 5.74) is 2.65. The van der Waals surface area contributed by atoms with Crippen LogP contribution in [0.2, 0.25) is 5.02 Å². The number of imidazole rings is 2. The summed E-state index contributed by atoms with van der Waals surface area (Å²) in [4.78, 5) is 18.2. The highest BCUT2D eigenvalue weighted by molar-refractivity contribution is 6.30. The lowest BCUT2D eigenvalue weighted by atomic mass is 10.3. The van der Waals surface area contributed by atoms with Crippen LogP contribution in [-0.2, 0) is 6.54 Å². The van der Waals surface area contributed by atoms with Crippen LogP contribution in [0.5, 0.6) is 0 Å². The van der Waals surface area contributed by atoms with Crippen molar-refractivity contribution in [3.63, 3.8) is 0 Å². The van der Waals surface area contributed by atoms with E-state index in [0.717, 1.165) is 28.5 Å². The number of hydrogen-bond donors (Lipinski definition) is 0. The van der Waals surface area contributed by atoms with E-state index in [1.54, 1.807) is 18.5 Å². The van der Waals surface area contributed by atoms with Gasteiger partial charge in [-0.05, 0) is 37.1 Å². The zero-order valence-electron chi connectivity index (χ0n) is 13.4. The molecule has 4 aromatic heterocycles. The molecular weight excluding hydrogens is 336 g/mol. The predicted molar refractivity (Wildman–Crippen MR) is 95.4 cm³/mol. The molecule has 0 unspecified atom stereocenters. The third-order valence-electron chi connectivity index (χ3n) is 4.41. The molecule has 0 amide bonds. The maximum Gasteiger partial charge on any atom is 0.160 e. The van der Waals surface area contributed by atoms with Gasteiger partial charge < -0.3 is 9.13 Å². The summed E-state index contributed by atoms with van der Waals surface area (Å²) in [5.74, 6) is 1.78. The largest absolute Gasteiger partial charge is 0.322 e. The highest BCUT2D eigenvalue weighted by Crippen LogP contribution is 2.38. The molecule has 0 atom stereocenters. The van der Waals surface area contributed by atoms with Crippen molar-refractivity contribution in [3.05, 3.63) is 59.9 Å². The van der Waals surface area contributed by atoms with E-state index in [-0.39, 0.29) is 0 Å². The molecule has 7 heteroatoms. The van der Waals surface area contributed by atoms with Crippen LogP contribution < -0.4 is 0 Å². The molecule has 1 fully saturated rings. The Bertz CT molecular complexity index is 1060. The first-order valence-electron chi connectivity index (χ1n) is 8.24. The van der Waals surface area contributed by atoms with Gasteiger partial charge in [-0.1, -0.05) is 11.6 Å². The lowest BCUT2D eigenvalue weighted by molar-refractivity contribution is 0.652. The van der Waals surface area contributed by atoms with Crippen LogP contribution in [0.3, 0.4) is 0 Å². The number of nitrogens with zero attached hydrogens (tertiary/aromatic N) is 6. The maximum atomic E-state index is 6.10. The van der Waals surface area contributed by atoms with Crippen LogP contribution >= 0.6 is 11.6 Å². The molecule has 0 saturated heterocycles. The van der Waals surface area contributed by atoms with E-state index in [0.29, 0.717) is 17.6 Å². The van der Waals surface area contributed by atoms with Crippen molar-refractivity contribution < 1.29 is 0 Å². The normalized spacial score (nSPS) is 14.3. The third kappa shape index (κ3) is 2.59. The quantitative estimate of drug-likeness (QED) is 0.562. The van der Waals surface area contributed by atoms with Gasteiger partial charge in [0, 0.05) is 35.9 Å². The Morgan fingerprint density at radius 2 is 2.00 bits per heavy atom. The van der Waals surface area contributed by atoms with Gasteiger partial charge in [-0.3, -0.25) is 4.98 Å². The molecule has 0 radical (unpaired) electrons. The smallest absolute Gasteiger partial charge is 0.160 e. The summed E-state index contributed by atoms with van der Waals surface area (Å²) in [6.45, 7) is 0.621. The number of aromatic nitrogens is 6. The third-order valence-corrected chi connectivity index (χ3v) is 4.65. The summed E-state index contributed by atoms with van der Waals surface area (Å²) in [6.07, 6.45) is 9.61. The summed E-state index contributed by atoms with van der Waals surface area (Å²) in [6, 6.07) is 8.03. The van der Waals surface area contributed by atoms with Gasteiger partial charge in [-0.15, -0.1) is 0 Å². The first kappa shape index (κ1) is 14.6. The minimum absolute atomic E-state index is 0.506. The number of pyridine rings is 2. The van der Waals surface area contributed by atoms with E-state index in [2.05, 4.69) is 24.1 Å². The van der Waals surface area contributed by atoms with Crippen LogP contribution in [0.15, 0.2) is 49.1 Å². The molecule has 1 saturated carbocycles. The van der Waals surface area contributed by atoms with Crippen molar-refractivity contribution in [1.29, 1.82) is 0 Å². The minimum atomic E-state index is 0.506. The Balaban J connectivity index is 1.58. The molecule has 124 valence electrons. The lowest BCUT2D eigenvalue weighted by Gasteiger charge is -2.10. The summed E-state index contributed by atoms with van der Waals surface area (Å²) in [5, 5.41) is 0.647. The van der Waals surface area contributed by atoms with Gasteiger partial charge in [0.05, 0.1) is 6.54 Å². The van der Waals surface area contributed by atoms with Gasteiger partial charge >= 0.3 is 0 Å². The van der Waals surface area contributed by atoms with Crippen molar-refractivity contribution in [1.82, 2.24) is 29.1 Å². The number of fused-ring (bicyclic) bond motifs is 1. The topological polar surface area (TPSA) is 61.4 Å². The molecule has 1 aliphatic rings. The lowest BCUT2D eigenvalue weighted by Crippen LogP contribution is -2.09. The highest BCUT2D eigenvalue weighted by Gasteiger charge is 2.29. The average Bonchev–Trinajstić information content (AvgIpc) is 3.23. The Hall–Kier alpha value is -2.73. The number of halogens is 1. The second-order valence-electron chi connectivity index (χ2n) is 6.21. The van der Waals surface area contributed by atoms with E-state index >= 15 is 0 Å². The maximum absolute atomic E-state index is 6.10. The SMILES string of the molecule is Clc1ccnc(-c2nccn2Cc2nc3cccnc3n2C2CC2)c1. The predicted octanol–water partition coefficient (Wildman–Crippen LogP) is 3.73. The molecule has 0 aromatic carbocycles. The molecule has 1 aliphatic carbocycles. The van der Waals surface area contributed by atoms with Gasteiger partial charge in [0.2, 0.25) is 0 Å². The Labute approximate surface area is 149 Å². The fraction of sp³-hybridized carbons (Fsp3) is 0.222. The van der Waals surface area contributed by atoms with Crippen molar-refractivity contribution in [2.24, 2.45) is 0 Å². The fourth-order valence-electron chi connectivity index (χ4n) is 3.15. The van der Waals surface area contributed by atoms with Crippen LogP contribution in [0.25, 0.3) is 22.7 Å². The van der Waals surface area contributed by atoms with Gasteiger partial charge in [0.15, 0.2) is 11.5 Å². The number of hydrogen-bond acceptors (Lipinski definition) is 4. The Kier molecular flexibility index (Phi) is 3.31. The van der Waals surface area contributed by atoms with Crippen LogP contribution in [0.4, 0.5) is 0 Å². The van der Waals surface area contributed by atoms with Crippen molar-refractivity contribution >= 4 is 22.8 Å². The highest BCUT2D eigenvalue weighted by atomic mass is 35.5. The van der Waals surface area contributed by atoms with Gasteiger partial charge in [0.1, 0.15) is 17.0 Å². The Morgan fingerprint density at radius 1 is 1.08 bits per heavy atom. The van der Waals surface area contributed by atoms with Gasteiger partial charge in [-0.2, -0.15) is 0 Å². The molecule has 0 spiro atoms. The van der Waals surface area contributed by atoms with Crippen LogP contribution in [0.1, 0.15) is 24.7 Å². The van der Waals surface area contributed by atoms with Crippen molar-refractivity contribution in [3.8, 4) is 11.5 Å². The molecule has 6 nitrogen and oxygen atoms in total. The summed E-state index contributed by atoms with van der Waals surface area (Å²) in [7, 11) is 0. The molecule has 0 bridgehead atoms. The monoisotopic (exact) mass is 350 g/mol. The standard InChI is InChI=1S/C18H15ClN6/c19-12-5-7-20-15(10-12)17-22-8-9-24(17)11-16-23-14-2-1-6-21-18(14)25(16)13-3-4-13/h1-2,5-10,13H,3-4,11H2. The summed E-state index contributed by atoms with van der Waals surface area (Å²) < 4.78 is 4.32. The van der Waals surface area contributed by atoms with Crippen LogP contribution in [-0.4, -0.2) is 29.1 Å². The zero-order valence-corrected chi connectivity index (χ0v) is 14.1. The van der Waals surface area contributed by atoms with E-state index in [1.807, 2.05) is 30.6 Å². The van der Waals surface area contributed by atoms with Crippen LogP contribution in [0, 0.1) is 0 Å². The molecule has 0 aliphatic heterocycles.